The van der Waals surface area contributed by atoms with Crippen LogP contribution in [0, 0.1) is 11.8 Å². The highest BCUT2D eigenvalue weighted by Crippen LogP contribution is 2.45. The lowest BCUT2D eigenvalue weighted by Gasteiger charge is -2.51. The highest BCUT2D eigenvalue weighted by Gasteiger charge is 2.43. The second-order valence-corrected chi connectivity index (χ2v) is 9.62. The summed E-state index contributed by atoms with van der Waals surface area (Å²) >= 11 is 5.49. The largest absolute Gasteiger partial charge is 0.497 e. The fourth-order valence-corrected chi connectivity index (χ4v) is 5.59. The molecule has 178 valence electrons. The van der Waals surface area contributed by atoms with Crippen LogP contribution in [0.5, 0.6) is 5.75 Å². The minimum absolute atomic E-state index is 0.0527. The van der Waals surface area contributed by atoms with E-state index >= 15 is 0 Å². The number of methoxy groups -OCH3 is 1. The Morgan fingerprint density at radius 3 is 2.82 bits per heavy atom. The topological polar surface area (TPSA) is 45.8 Å². The Balaban J connectivity index is 1.83. The molecule has 3 aliphatic heterocycles. The molecule has 0 amide bonds. The summed E-state index contributed by atoms with van der Waals surface area (Å²) in [5.74, 6) is 2.10. The van der Waals surface area contributed by atoms with E-state index in [1.54, 1.807) is 7.11 Å². The second-order valence-electron chi connectivity index (χ2n) is 9.21. The molecular weight excluding hydrogens is 430 g/mol. The van der Waals surface area contributed by atoms with Gasteiger partial charge in [0, 0.05) is 37.5 Å². The van der Waals surface area contributed by atoms with Crippen molar-refractivity contribution < 1.29 is 9.47 Å². The highest BCUT2D eigenvalue weighted by molar-refractivity contribution is 7.80. The molecule has 2 bridgehead atoms. The molecule has 2 N–H and O–H groups in total. The van der Waals surface area contributed by atoms with Gasteiger partial charge in [0.05, 0.1) is 7.11 Å². The van der Waals surface area contributed by atoms with Crippen molar-refractivity contribution in [2.24, 2.45) is 11.8 Å². The van der Waals surface area contributed by atoms with Gasteiger partial charge in [0.15, 0.2) is 5.11 Å². The normalized spacial score (nSPS) is 24.9. The number of unbranched alkanes of at least 4 members (excludes halogenated alkanes) is 1. The summed E-state index contributed by atoms with van der Waals surface area (Å²) in [6, 6.07) is 10.9. The summed E-state index contributed by atoms with van der Waals surface area (Å²) in [6.45, 7) is 9.25. The smallest absolute Gasteiger partial charge is 0.170 e. The first-order chi connectivity index (χ1) is 16.1. The molecule has 0 radical (unpaired) electrons. The zero-order valence-corrected chi connectivity index (χ0v) is 20.9. The molecule has 5 nitrogen and oxygen atoms in total. The van der Waals surface area contributed by atoms with Crippen LogP contribution < -0.4 is 15.4 Å². The number of benzene rings is 2. The molecule has 3 saturated heterocycles. The number of rotatable bonds is 9. The molecule has 33 heavy (non-hydrogen) atoms. The van der Waals surface area contributed by atoms with Gasteiger partial charge in [-0.1, -0.05) is 31.6 Å². The van der Waals surface area contributed by atoms with E-state index in [2.05, 4.69) is 59.4 Å². The van der Waals surface area contributed by atoms with E-state index < -0.39 is 0 Å². The summed E-state index contributed by atoms with van der Waals surface area (Å²) < 4.78 is 12.4. The van der Waals surface area contributed by atoms with E-state index in [-0.39, 0.29) is 6.10 Å². The fraction of sp³-hybridized carbons (Fsp3) is 0.519. The van der Waals surface area contributed by atoms with Crippen LogP contribution >= 0.6 is 12.2 Å². The van der Waals surface area contributed by atoms with Gasteiger partial charge in [-0.3, -0.25) is 4.90 Å². The van der Waals surface area contributed by atoms with Crippen LogP contribution in [0.25, 0.3) is 10.8 Å². The van der Waals surface area contributed by atoms with Gasteiger partial charge in [0.25, 0.3) is 0 Å². The van der Waals surface area contributed by atoms with E-state index in [1.807, 2.05) is 13.1 Å². The third-order valence-corrected chi connectivity index (χ3v) is 7.64. The molecule has 0 saturated carbocycles. The highest BCUT2D eigenvalue weighted by atomic mass is 32.1. The zero-order valence-electron chi connectivity index (χ0n) is 20.1. The van der Waals surface area contributed by atoms with Crippen molar-refractivity contribution in [3.63, 3.8) is 0 Å². The number of thiocarbonyl (C=S) groups is 1. The molecule has 0 spiro atoms. The van der Waals surface area contributed by atoms with Crippen molar-refractivity contribution in [1.82, 2.24) is 10.2 Å². The quantitative estimate of drug-likeness (QED) is 0.288. The van der Waals surface area contributed by atoms with Gasteiger partial charge < -0.3 is 20.1 Å². The molecule has 6 heteroatoms. The standard InChI is InChI=1S/C27H37N3O2S/c1-5-7-14-32-26(24-15-20-12-13-30(24)17-18(20)6-2)25-22-16-21(31-4)10-8-19(22)9-11-23(25)29-27(33)28-3/h6,8-11,16,18,20,24,26H,2,5,7,12-15,17H2,1,3-4H3,(H2,28,29,33)/t18?,20?,24?,26-/m0/s1. The molecule has 3 aliphatic rings. The molecule has 0 aliphatic carbocycles. The van der Waals surface area contributed by atoms with E-state index in [9.17, 15) is 0 Å². The van der Waals surface area contributed by atoms with Crippen LogP contribution in [0.4, 0.5) is 5.69 Å². The summed E-state index contributed by atoms with van der Waals surface area (Å²) in [6.07, 6.45) is 6.63. The lowest BCUT2D eigenvalue weighted by molar-refractivity contribution is -0.0749. The first-order valence-electron chi connectivity index (χ1n) is 12.2. The van der Waals surface area contributed by atoms with E-state index in [1.165, 1.54) is 17.4 Å². The molecule has 2 aromatic rings. The first kappa shape index (κ1) is 24.0. The summed E-state index contributed by atoms with van der Waals surface area (Å²) in [5, 5.41) is 9.42. The number of ether oxygens (including phenoxy) is 2. The Kier molecular flexibility index (Phi) is 7.89. The Hall–Kier alpha value is -2.15. The zero-order chi connectivity index (χ0) is 23.4. The number of piperidine rings is 3. The van der Waals surface area contributed by atoms with Gasteiger partial charge in [-0.25, -0.2) is 0 Å². The number of hydrogen-bond donors (Lipinski definition) is 2. The molecule has 5 rings (SSSR count). The monoisotopic (exact) mass is 467 g/mol. The minimum atomic E-state index is -0.0527. The molecule has 3 fully saturated rings. The number of nitrogens with zero attached hydrogens (tertiary/aromatic N) is 1. The average molecular weight is 468 g/mol. The van der Waals surface area contributed by atoms with Gasteiger partial charge in [-0.2, -0.15) is 0 Å². The van der Waals surface area contributed by atoms with Crippen LogP contribution in [-0.2, 0) is 4.74 Å². The maximum absolute atomic E-state index is 6.76. The number of anilines is 1. The van der Waals surface area contributed by atoms with Gasteiger partial charge in [-0.15, -0.1) is 6.58 Å². The molecule has 5 atom stereocenters. The molecule has 4 unspecified atom stereocenters. The van der Waals surface area contributed by atoms with Crippen molar-refractivity contribution in [1.29, 1.82) is 0 Å². The summed E-state index contributed by atoms with van der Waals surface area (Å²) in [7, 11) is 3.56. The average Bonchev–Trinajstić information content (AvgIpc) is 2.86. The van der Waals surface area contributed by atoms with Crippen molar-refractivity contribution in [3.05, 3.63) is 48.6 Å². The predicted molar refractivity (Wildman–Crippen MR) is 141 cm³/mol. The number of fused-ring (bicyclic) bond motifs is 4. The molecule has 3 heterocycles. The lowest BCUT2D eigenvalue weighted by atomic mass is 9.73. The number of nitrogens with one attached hydrogen (secondary N) is 2. The maximum atomic E-state index is 6.76. The Morgan fingerprint density at radius 2 is 2.15 bits per heavy atom. The molecular formula is C27H37N3O2S. The molecule has 0 aromatic heterocycles. The van der Waals surface area contributed by atoms with Crippen molar-refractivity contribution >= 4 is 33.8 Å². The second kappa shape index (κ2) is 10.9. The van der Waals surface area contributed by atoms with Crippen LogP contribution in [0.1, 0.15) is 44.3 Å². The summed E-state index contributed by atoms with van der Waals surface area (Å²) in [4.78, 5) is 2.63. The van der Waals surface area contributed by atoms with Crippen molar-refractivity contribution in [2.75, 3.05) is 39.2 Å². The van der Waals surface area contributed by atoms with Gasteiger partial charge in [-0.05, 0) is 78.8 Å². The third kappa shape index (κ3) is 5.03. The first-order valence-corrected chi connectivity index (χ1v) is 12.6. The van der Waals surface area contributed by atoms with Crippen molar-refractivity contribution in [3.8, 4) is 5.75 Å². The summed E-state index contributed by atoms with van der Waals surface area (Å²) in [5.41, 5.74) is 2.17. The fourth-order valence-electron chi connectivity index (χ4n) is 5.48. The van der Waals surface area contributed by atoms with Gasteiger partial charge in [0.2, 0.25) is 0 Å². The van der Waals surface area contributed by atoms with Crippen molar-refractivity contribution in [2.45, 2.75) is 44.8 Å². The van der Waals surface area contributed by atoms with Gasteiger partial charge >= 0.3 is 0 Å². The minimum Gasteiger partial charge on any atom is -0.497 e. The van der Waals surface area contributed by atoms with E-state index in [4.69, 9.17) is 21.7 Å². The predicted octanol–water partition coefficient (Wildman–Crippen LogP) is 5.52. The van der Waals surface area contributed by atoms with Gasteiger partial charge in [0.1, 0.15) is 11.9 Å². The number of hydrogen-bond acceptors (Lipinski definition) is 4. The lowest BCUT2D eigenvalue weighted by Crippen LogP contribution is -2.55. The third-order valence-electron chi connectivity index (χ3n) is 7.33. The Labute approximate surface area is 203 Å². The SMILES string of the molecule is C=CC1CN2CCC1CC2[C@H](OCCCC)c1c(NC(=S)NC)ccc2ccc(OC)cc12. The van der Waals surface area contributed by atoms with E-state index in [0.29, 0.717) is 23.0 Å². The van der Waals surface area contributed by atoms with Crippen LogP contribution in [0.2, 0.25) is 0 Å². The maximum Gasteiger partial charge on any atom is 0.170 e. The van der Waals surface area contributed by atoms with Crippen LogP contribution in [0.3, 0.4) is 0 Å². The Bertz CT molecular complexity index is 995. The molecule has 2 aromatic carbocycles. The Morgan fingerprint density at radius 1 is 1.33 bits per heavy atom. The van der Waals surface area contributed by atoms with Crippen LogP contribution in [-0.4, -0.2) is 49.9 Å². The van der Waals surface area contributed by atoms with E-state index in [0.717, 1.165) is 55.8 Å². The van der Waals surface area contributed by atoms with Crippen LogP contribution in [0.15, 0.2) is 43.0 Å².